The number of rotatable bonds is 8. The van der Waals surface area contributed by atoms with Crippen LogP contribution in [0.2, 0.25) is 0 Å². The molecular weight excluding hydrogens is 264 g/mol. The molecule has 21 heavy (non-hydrogen) atoms. The Kier molecular flexibility index (Phi) is 6.90. The van der Waals surface area contributed by atoms with E-state index in [-0.39, 0.29) is 18.5 Å². The van der Waals surface area contributed by atoms with Crippen LogP contribution in [-0.4, -0.2) is 23.8 Å². The molecule has 2 unspecified atom stereocenters. The van der Waals surface area contributed by atoms with Gasteiger partial charge in [0.2, 0.25) is 0 Å². The molecule has 1 N–H and O–H groups in total. The Hall–Kier alpha value is -1.35. The van der Waals surface area contributed by atoms with Crippen molar-refractivity contribution in [1.82, 2.24) is 0 Å². The lowest BCUT2D eigenvalue weighted by molar-refractivity contribution is -0.150. The Morgan fingerprint density at radius 1 is 1.29 bits per heavy atom. The molecule has 0 fully saturated rings. The molecule has 3 nitrogen and oxygen atoms in total. The van der Waals surface area contributed by atoms with Gasteiger partial charge in [-0.1, -0.05) is 63.9 Å². The number of aliphatic hydroxyl groups is 1. The number of hydrogen-bond acceptors (Lipinski definition) is 3. The highest BCUT2D eigenvalue weighted by atomic mass is 16.5. The molecule has 0 aliphatic carbocycles. The standard InChI is InChI=1S/C18H28O3/c1-5-6-12-16(19)18(3,4)13-21-17(20)14(2)15-10-8-7-9-11-15/h7-11,14,16,19H,5-6,12-13H2,1-4H3. The summed E-state index contributed by atoms with van der Waals surface area (Å²) in [5, 5.41) is 10.2. The first-order valence-corrected chi connectivity index (χ1v) is 7.78. The fraction of sp³-hybridized carbons (Fsp3) is 0.611. The lowest BCUT2D eigenvalue weighted by Gasteiger charge is -2.30. The van der Waals surface area contributed by atoms with Crippen molar-refractivity contribution in [1.29, 1.82) is 0 Å². The predicted molar refractivity (Wildman–Crippen MR) is 85.1 cm³/mol. The fourth-order valence-electron chi connectivity index (χ4n) is 2.14. The summed E-state index contributed by atoms with van der Waals surface area (Å²) >= 11 is 0. The first kappa shape index (κ1) is 17.7. The highest BCUT2D eigenvalue weighted by Gasteiger charge is 2.30. The number of carbonyl (C=O) groups excluding carboxylic acids is 1. The van der Waals surface area contributed by atoms with Crippen molar-refractivity contribution < 1.29 is 14.6 Å². The van der Waals surface area contributed by atoms with E-state index in [1.165, 1.54) is 0 Å². The minimum atomic E-state index is -0.447. The zero-order valence-electron chi connectivity index (χ0n) is 13.6. The van der Waals surface area contributed by atoms with Gasteiger partial charge < -0.3 is 9.84 Å². The minimum absolute atomic E-state index is 0.239. The van der Waals surface area contributed by atoms with E-state index < -0.39 is 11.5 Å². The molecule has 0 radical (unpaired) electrons. The smallest absolute Gasteiger partial charge is 0.313 e. The van der Waals surface area contributed by atoms with Gasteiger partial charge in [-0.05, 0) is 18.9 Å². The highest BCUT2D eigenvalue weighted by molar-refractivity contribution is 5.77. The van der Waals surface area contributed by atoms with E-state index in [1.807, 2.05) is 51.1 Å². The summed E-state index contributed by atoms with van der Waals surface area (Å²) in [4.78, 5) is 12.1. The van der Waals surface area contributed by atoms with Crippen LogP contribution >= 0.6 is 0 Å². The summed E-state index contributed by atoms with van der Waals surface area (Å²) in [5.74, 6) is -0.522. The average molecular weight is 292 g/mol. The zero-order valence-corrected chi connectivity index (χ0v) is 13.6. The SMILES string of the molecule is CCCCC(O)C(C)(C)COC(=O)C(C)c1ccccc1. The van der Waals surface area contributed by atoms with E-state index in [0.29, 0.717) is 0 Å². The molecule has 0 heterocycles. The number of esters is 1. The summed E-state index contributed by atoms with van der Waals surface area (Å²) < 4.78 is 5.43. The van der Waals surface area contributed by atoms with Crippen molar-refractivity contribution in [3.63, 3.8) is 0 Å². The Balaban J connectivity index is 2.51. The third-order valence-corrected chi connectivity index (χ3v) is 3.97. The highest BCUT2D eigenvalue weighted by Crippen LogP contribution is 2.26. The number of carbonyl (C=O) groups is 1. The molecule has 0 spiro atoms. The lowest BCUT2D eigenvalue weighted by atomic mass is 9.84. The van der Waals surface area contributed by atoms with E-state index in [0.717, 1.165) is 24.8 Å². The normalized spacial score (nSPS) is 14.5. The van der Waals surface area contributed by atoms with Crippen molar-refractivity contribution in [3.8, 4) is 0 Å². The summed E-state index contributed by atoms with van der Waals surface area (Å²) in [6.07, 6.45) is 2.34. The topological polar surface area (TPSA) is 46.5 Å². The van der Waals surface area contributed by atoms with Crippen molar-refractivity contribution in [2.45, 2.75) is 59.0 Å². The molecule has 0 aromatic heterocycles. The summed E-state index contributed by atoms with van der Waals surface area (Å²) in [6.45, 7) is 8.06. The van der Waals surface area contributed by atoms with E-state index in [2.05, 4.69) is 6.92 Å². The molecule has 3 heteroatoms. The summed E-state index contributed by atoms with van der Waals surface area (Å²) in [7, 11) is 0. The van der Waals surface area contributed by atoms with E-state index in [4.69, 9.17) is 4.74 Å². The zero-order chi connectivity index (χ0) is 15.9. The van der Waals surface area contributed by atoms with Gasteiger partial charge in [0.25, 0.3) is 0 Å². The van der Waals surface area contributed by atoms with Gasteiger partial charge in [-0.2, -0.15) is 0 Å². The van der Waals surface area contributed by atoms with Crippen LogP contribution in [0.25, 0.3) is 0 Å². The van der Waals surface area contributed by atoms with Crippen LogP contribution in [0.3, 0.4) is 0 Å². The van der Waals surface area contributed by atoms with Crippen LogP contribution in [0.1, 0.15) is 58.4 Å². The largest absolute Gasteiger partial charge is 0.465 e. The molecule has 1 aromatic carbocycles. The molecule has 0 saturated heterocycles. The van der Waals surface area contributed by atoms with Gasteiger partial charge in [0.15, 0.2) is 0 Å². The number of hydrogen-bond donors (Lipinski definition) is 1. The molecule has 0 amide bonds. The van der Waals surface area contributed by atoms with Gasteiger partial charge in [0, 0.05) is 5.41 Å². The number of ether oxygens (including phenoxy) is 1. The first-order valence-electron chi connectivity index (χ1n) is 7.78. The Bertz CT molecular complexity index is 425. The van der Waals surface area contributed by atoms with E-state index in [9.17, 15) is 9.90 Å². The second-order valence-corrected chi connectivity index (χ2v) is 6.39. The Morgan fingerprint density at radius 3 is 2.48 bits per heavy atom. The maximum atomic E-state index is 12.1. The van der Waals surface area contributed by atoms with Crippen molar-refractivity contribution in [2.24, 2.45) is 5.41 Å². The summed E-state index contributed by atoms with van der Waals surface area (Å²) in [6, 6.07) is 9.60. The van der Waals surface area contributed by atoms with Crippen LogP contribution in [-0.2, 0) is 9.53 Å². The van der Waals surface area contributed by atoms with Gasteiger partial charge in [0.05, 0.1) is 18.6 Å². The molecule has 2 atom stereocenters. The van der Waals surface area contributed by atoms with Gasteiger partial charge in [-0.15, -0.1) is 0 Å². The molecule has 1 aromatic rings. The molecule has 0 aliphatic heterocycles. The van der Waals surface area contributed by atoms with Crippen LogP contribution in [0.5, 0.6) is 0 Å². The quantitative estimate of drug-likeness (QED) is 0.739. The van der Waals surface area contributed by atoms with Gasteiger partial charge in [-0.3, -0.25) is 4.79 Å². The van der Waals surface area contributed by atoms with Gasteiger partial charge in [-0.25, -0.2) is 0 Å². The maximum Gasteiger partial charge on any atom is 0.313 e. The third-order valence-electron chi connectivity index (χ3n) is 3.97. The number of aliphatic hydroxyl groups excluding tert-OH is 1. The molecule has 118 valence electrons. The van der Waals surface area contributed by atoms with Gasteiger partial charge >= 0.3 is 5.97 Å². The Morgan fingerprint density at radius 2 is 1.90 bits per heavy atom. The second kappa shape index (κ2) is 8.18. The molecule has 0 bridgehead atoms. The lowest BCUT2D eigenvalue weighted by Crippen LogP contribution is -2.35. The average Bonchev–Trinajstić information content (AvgIpc) is 2.50. The van der Waals surface area contributed by atoms with Crippen LogP contribution in [0.15, 0.2) is 30.3 Å². The number of benzene rings is 1. The van der Waals surface area contributed by atoms with E-state index in [1.54, 1.807) is 0 Å². The van der Waals surface area contributed by atoms with Crippen molar-refractivity contribution in [3.05, 3.63) is 35.9 Å². The van der Waals surface area contributed by atoms with Gasteiger partial charge in [0.1, 0.15) is 0 Å². The third kappa shape index (κ3) is 5.50. The first-order chi connectivity index (χ1) is 9.88. The van der Waals surface area contributed by atoms with Crippen LogP contribution < -0.4 is 0 Å². The summed E-state index contributed by atoms with van der Waals surface area (Å²) in [5.41, 5.74) is 0.535. The molecule has 1 rings (SSSR count). The molecule has 0 saturated carbocycles. The predicted octanol–water partition coefficient (Wildman–Crippen LogP) is 3.91. The van der Waals surface area contributed by atoms with Crippen molar-refractivity contribution in [2.75, 3.05) is 6.61 Å². The van der Waals surface area contributed by atoms with E-state index >= 15 is 0 Å². The second-order valence-electron chi connectivity index (χ2n) is 6.39. The number of unbranched alkanes of at least 4 members (excludes halogenated alkanes) is 1. The fourth-order valence-corrected chi connectivity index (χ4v) is 2.14. The molecular formula is C18H28O3. The Labute approximate surface area is 128 Å². The minimum Gasteiger partial charge on any atom is -0.465 e. The maximum absolute atomic E-state index is 12.1. The van der Waals surface area contributed by atoms with Crippen LogP contribution in [0.4, 0.5) is 0 Å². The molecule has 0 aliphatic rings. The van der Waals surface area contributed by atoms with Crippen LogP contribution in [0, 0.1) is 5.41 Å². The monoisotopic (exact) mass is 292 g/mol. The van der Waals surface area contributed by atoms with Crippen molar-refractivity contribution >= 4 is 5.97 Å².